The summed E-state index contributed by atoms with van der Waals surface area (Å²) in [5, 5.41) is 6.15. The maximum atomic E-state index is 12.4. The van der Waals surface area contributed by atoms with E-state index < -0.39 is 0 Å². The van der Waals surface area contributed by atoms with E-state index in [1.54, 1.807) is 0 Å². The average molecular weight is 281 g/mol. The second-order valence-electron chi connectivity index (χ2n) is 6.08. The van der Waals surface area contributed by atoms with Gasteiger partial charge < -0.3 is 15.5 Å². The van der Waals surface area contributed by atoms with E-state index in [9.17, 15) is 9.59 Å². The fourth-order valence-electron chi connectivity index (χ4n) is 3.34. The molecule has 2 aliphatic heterocycles. The molecule has 2 saturated heterocycles. The maximum absolute atomic E-state index is 12.4. The largest absolute Gasteiger partial charge is 0.347 e. The second-order valence-corrected chi connectivity index (χ2v) is 6.08. The molecule has 2 heterocycles. The van der Waals surface area contributed by atoms with Gasteiger partial charge in [0.05, 0.1) is 12.0 Å². The third kappa shape index (κ3) is 3.51. The Morgan fingerprint density at radius 3 is 2.60 bits per heavy atom. The predicted molar refractivity (Wildman–Crippen MR) is 78.3 cm³/mol. The molecule has 5 nitrogen and oxygen atoms in total. The summed E-state index contributed by atoms with van der Waals surface area (Å²) in [6.07, 6.45) is 6.15. The van der Waals surface area contributed by atoms with Crippen molar-refractivity contribution in [1.82, 2.24) is 15.5 Å². The van der Waals surface area contributed by atoms with Crippen molar-refractivity contribution in [3.63, 3.8) is 0 Å². The van der Waals surface area contributed by atoms with Gasteiger partial charge in [-0.05, 0) is 38.6 Å². The van der Waals surface area contributed by atoms with Crippen LogP contribution in [0.5, 0.6) is 0 Å². The molecule has 0 saturated carbocycles. The zero-order chi connectivity index (χ0) is 14.4. The number of nitrogens with zero attached hydrogens (tertiary/aromatic N) is 1. The van der Waals surface area contributed by atoms with Gasteiger partial charge in [0.2, 0.25) is 11.8 Å². The van der Waals surface area contributed by atoms with Crippen LogP contribution in [0.1, 0.15) is 45.4 Å². The van der Waals surface area contributed by atoms with Crippen molar-refractivity contribution >= 4 is 11.8 Å². The number of hydrogen-bond acceptors (Lipinski definition) is 3. The zero-order valence-electron chi connectivity index (χ0n) is 12.5. The Hall–Kier alpha value is -1.10. The molecular formula is C15H27N3O2. The highest BCUT2D eigenvalue weighted by Crippen LogP contribution is 2.31. The van der Waals surface area contributed by atoms with E-state index in [-0.39, 0.29) is 23.8 Å². The first kappa shape index (κ1) is 15.3. The van der Waals surface area contributed by atoms with Gasteiger partial charge in [-0.2, -0.15) is 0 Å². The van der Waals surface area contributed by atoms with Crippen molar-refractivity contribution in [3.05, 3.63) is 0 Å². The Morgan fingerprint density at radius 2 is 2.00 bits per heavy atom. The van der Waals surface area contributed by atoms with Gasteiger partial charge in [0.1, 0.15) is 0 Å². The number of nitrogens with one attached hydrogen (secondary N) is 2. The summed E-state index contributed by atoms with van der Waals surface area (Å²) < 4.78 is 0. The first-order chi connectivity index (χ1) is 9.68. The van der Waals surface area contributed by atoms with Crippen LogP contribution in [0.2, 0.25) is 0 Å². The number of carbonyl (C=O) groups is 2. The van der Waals surface area contributed by atoms with E-state index in [0.29, 0.717) is 0 Å². The van der Waals surface area contributed by atoms with Gasteiger partial charge in [-0.3, -0.25) is 9.59 Å². The predicted octanol–water partition coefficient (Wildman–Crippen LogP) is 0.895. The summed E-state index contributed by atoms with van der Waals surface area (Å²) in [4.78, 5) is 26.4. The van der Waals surface area contributed by atoms with E-state index in [1.165, 1.54) is 6.42 Å². The molecule has 2 aliphatic rings. The lowest BCUT2D eigenvalue weighted by molar-refractivity contribution is -0.136. The molecule has 1 unspecified atom stereocenters. The zero-order valence-corrected chi connectivity index (χ0v) is 12.5. The highest BCUT2D eigenvalue weighted by atomic mass is 16.2. The monoisotopic (exact) mass is 281 g/mol. The SMILES string of the molecule is CCCC1(C(=O)NCC(=O)N2CCCCC2)CCNC1. The van der Waals surface area contributed by atoms with E-state index in [4.69, 9.17) is 0 Å². The quantitative estimate of drug-likeness (QED) is 0.787. The van der Waals surface area contributed by atoms with Crippen LogP contribution in [-0.4, -0.2) is 49.4 Å². The maximum Gasteiger partial charge on any atom is 0.241 e. The molecule has 0 radical (unpaired) electrons. The second kappa shape index (κ2) is 7.07. The molecule has 0 aromatic heterocycles. The molecule has 0 aromatic rings. The fraction of sp³-hybridized carbons (Fsp3) is 0.867. The van der Waals surface area contributed by atoms with Gasteiger partial charge in [0, 0.05) is 19.6 Å². The summed E-state index contributed by atoms with van der Waals surface area (Å²) in [6.45, 7) is 5.58. The first-order valence-corrected chi connectivity index (χ1v) is 7.95. The third-order valence-electron chi connectivity index (χ3n) is 4.56. The summed E-state index contributed by atoms with van der Waals surface area (Å²) >= 11 is 0. The Bertz CT molecular complexity index is 345. The van der Waals surface area contributed by atoms with Crippen LogP contribution in [0.4, 0.5) is 0 Å². The number of rotatable bonds is 5. The summed E-state index contributed by atoms with van der Waals surface area (Å²) in [6, 6.07) is 0. The molecule has 2 amide bonds. The van der Waals surface area contributed by atoms with Gasteiger partial charge in [-0.15, -0.1) is 0 Å². The molecular weight excluding hydrogens is 254 g/mol. The Balaban J connectivity index is 1.82. The average Bonchev–Trinajstić information content (AvgIpc) is 2.95. The van der Waals surface area contributed by atoms with Gasteiger partial charge in [0.15, 0.2) is 0 Å². The normalized spacial score (nSPS) is 26.6. The lowest BCUT2D eigenvalue weighted by Gasteiger charge is -2.29. The van der Waals surface area contributed by atoms with Crippen LogP contribution in [0.15, 0.2) is 0 Å². The highest BCUT2D eigenvalue weighted by Gasteiger charge is 2.40. The van der Waals surface area contributed by atoms with Gasteiger partial charge in [-0.1, -0.05) is 13.3 Å². The molecule has 0 aromatic carbocycles. The Labute approximate surface area is 121 Å². The highest BCUT2D eigenvalue weighted by molar-refractivity contribution is 5.88. The lowest BCUT2D eigenvalue weighted by atomic mass is 9.81. The summed E-state index contributed by atoms with van der Waals surface area (Å²) in [7, 11) is 0. The fourth-order valence-corrected chi connectivity index (χ4v) is 3.34. The smallest absolute Gasteiger partial charge is 0.241 e. The number of hydrogen-bond donors (Lipinski definition) is 2. The van der Waals surface area contributed by atoms with Crippen molar-refractivity contribution < 1.29 is 9.59 Å². The first-order valence-electron chi connectivity index (χ1n) is 7.95. The number of piperidine rings is 1. The van der Waals surface area contributed by atoms with Crippen LogP contribution in [0.25, 0.3) is 0 Å². The van der Waals surface area contributed by atoms with Crippen LogP contribution < -0.4 is 10.6 Å². The minimum Gasteiger partial charge on any atom is -0.347 e. The van der Waals surface area contributed by atoms with Crippen molar-refractivity contribution in [3.8, 4) is 0 Å². The molecule has 0 spiro atoms. The van der Waals surface area contributed by atoms with Crippen molar-refractivity contribution in [1.29, 1.82) is 0 Å². The molecule has 0 aliphatic carbocycles. The van der Waals surface area contributed by atoms with Crippen molar-refractivity contribution in [2.24, 2.45) is 5.41 Å². The molecule has 0 bridgehead atoms. The molecule has 2 fully saturated rings. The van der Waals surface area contributed by atoms with Crippen molar-refractivity contribution in [2.75, 3.05) is 32.7 Å². The lowest BCUT2D eigenvalue weighted by Crippen LogP contribution is -2.48. The summed E-state index contributed by atoms with van der Waals surface area (Å²) in [5.41, 5.74) is -0.295. The topological polar surface area (TPSA) is 61.4 Å². The van der Waals surface area contributed by atoms with Crippen molar-refractivity contribution in [2.45, 2.75) is 45.4 Å². The minimum atomic E-state index is -0.295. The molecule has 1 atom stereocenters. The van der Waals surface area contributed by atoms with Crippen LogP contribution >= 0.6 is 0 Å². The Morgan fingerprint density at radius 1 is 1.25 bits per heavy atom. The van der Waals surface area contributed by atoms with E-state index in [0.717, 1.165) is 58.3 Å². The van der Waals surface area contributed by atoms with Crippen LogP contribution in [0, 0.1) is 5.41 Å². The van der Waals surface area contributed by atoms with E-state index in [2.05, 4.69) is 17.6 Å². The van der Waals surface area contributed by atoms with Crippen LogP contribution in [-0.2, 0) is 9.59 Å². The molecule has 2 rings (SSSR count). The molecule has 114 valence electrons. The number of carbonyl (C=O) groups excluding carboxylic acids is 2. The molecule has 2 N–H and O–H groups in total. The van der Waals surface area contributed by atoms with Gasteiger partial charge in [-0.25, -0.2) is 0 Å². The van der Waals surface area contributed by atoms with Crippen LogP contribution in [0.3, 0.4) is 0 Å². The van der Waals surface area contributed by atoms with E-state index >= 15 is 0 Å². The molecule has 20 heavy (non-hydrogen) atoms. The standard InChI is InChI=1S/C15H27N3O2/c1-2-6-15(7-8-16-12-15)14(20)17-11-13(19)18-9-4-3-5-10-18/h16H,2-12H2,1H3,(H,17,20). The van der Waals surface area contributed by atoms with Gasteiger partial charge >= 0.3 is 0 Å². The minimum absolute atomic E-state index is 0.0507. The third-order valence-corrected chi connectivity index (χ3v) is 4.56. The van der Waals surface area contributed by atoms with E-state index in [1.807, 2.05) is 4.90 Å². The Kier molecular flexibility index (Phi) is 5.40. The summed E-state index contributed by atoms with van der Waals surface area (Å²) in [5.74, 6) is 0.116. The number of amides is 2. The van der Waals surface area contributed by atoms with Gasteiger partial charge in [0.25, 0.3) is 0 Å². The number of likely N-dealkylation sites (tertiary alicyclic amines) is 1. The molecule has 5 heteroatoms.